The van der Waals surface area contributed by atoms with Gasteiger partial charge in [-0.3, -0.25) is 9.59 Å². The second kappa shape index (κ2) is 6.57. The molecule has 0 aromatic carbocycles. The quantitative estimate of drug-likeness (QED) is 0.833. The summed E-state index contributed by atoms with van der Waals surface area (Å²) in [7, 11) is 0. The van der Waals surface area contributed by atoms with E-state index in [1.165, 1.54) is 0 Å². The van der Waals surface area contributed by atoms with Gasteiger partial charge < -0.3 is 15.5 Å². The molecule has 1 saturated carbocycles. The van der Waals surface area contributed by atoms with Crippen LogP contribution in [0.25, 0.3) is 0 Å². The average molecular weight is 281 g/mol. The third kappa shape index (κ3) is 3.51. The normalized spacial score (nSPS) is 27.2. The molecular formula is C15H27N3O2. The second-order valence-corrected chi connectivity index (χ2v) is 6.42. The highest BCUT2D eigenvalue weighted by atomic mass is 16.2. The monoisotopic (exact) mass is 281 g/mol. The molecule has 2 amide bonds. The fourth-order valence-electron chi connectivity index (χ4n) is 3.21. The van der Waals surface area contributed by atoms with Crippen molar-refractivity contribution >= 4 is 11.8 Å². The second-order valence-electron chi connectivity index (χ2n) is 6.42. The number of carbonyl (C=O) groups is 2. The van der Waals surface area contributed by atoms with Crippen molar-refractivity contribution in [1.82, 2.24) is 9.80 Å². The molecule has 2 atom stereocenters. The molecule has 5 heteroatoms. The van der Waals surface area contributed by atoms with E-state index in [9.17, 15) is 9.59 Å². The van der Waals surface area contributed by atoms with Crippen molar-refractivity contribution in [3.63, 3.8) is 0 Å². The Hall–Kier alpha value is -1.10. The molecule has 0 aromatic rings. The van der Waals surface area contributed by atoms with E-state index in [0.29, 0.717) is 38.5 Å². The Bertz CT molecular complexity index is 362. The molecule has 1 heterocycles. The first-order chi connectivity index (χ1) is 9.49. The minimum Gasteiger partial charge on any atom is -0.339 e. The minimum atomic E-state index is 0.0359. The molecule has 2 N–H and O–H groups in total. The summed E-state index contributed by atoms with van der Waals surface area (Å²) >= 11 is 0. The third-order valence-electron chi connectivity index (χ3n) is 4.59. The first kappa shape index (κ1) is 15.3. The first-order valence-electron chi connectivity index (χ1n) is 7.81. The van der Waals surface area contributed by atoms with Crippen LogP contribution in [0.4, 0.5) is 0 Å². The van der Waals surface area contributed by atoms with Crippen LogP contribution in [-0.2, 0) is 9.59 Å². The van der Waals surface area contributed by atoms with Crippen LogP contribution in [0.15, 0.2) is 0 Å². The zero-order valence-electron chi connectivity index (χ0n) is 12.7. The molecular weight excluding hydrogens is 254 g/mol. The highest BCUT2D eigenvalue weighted by molar-refractivity contribution is 5.79. The van der Waals surface area contributed by atoms with E-state index in [1.54, 1.807) is 0 Å². The van der Waals surface area contributed by atoms with Crippen LogP contribution in [0.2, 0.25) is 0 Å². The van der Waals surface area contributed by atoms with Gasteiger partial charge in [-0.15, -0.1) is 0 Å². The molecule has 0 bridgehead atoms. The van der Waals surface area contributed by atoms with Gasteiger partial charge in [0.1, 0.15) is 0 Å². The maximum Gasteiger partial charge on any atom is 0.225 e. The number of hydrogen-bond donors (Lipinski definition) is 1. The SMILES string of the molecule is CC(C)C(=O)N1CCN(C(=O)C[C@@H]2CCC[C@H]2N)CC1. The molecule has 2 fully saturated rings. The predicted octanol–water partition coefficient (Wildman–Crippen LogP) is 0.831. The van der Waals surface area contributed by atoms with Crippen molar-refractivity contribution in [3.05, 3.63) is 0 Å². The van der Waals surface area contributed by atoms with Gasteiger partial charge in [0.25, 0.3) is 0 Å². The molecule has 5 nitrogen and oxygen atoms in total. The van der Waals surface area contributed by atoms with Crippen LogP contribution >= 0.6 is 0 Å². The Morgan fingerprint density at radius 1 is 1.10 bits per heavy atom. The molecule has 2 aliphatic rings. The number of hydrogen-bond acceptors (Lipinski definition) is 3. The van der Waals surface area contributed by atoms with E-state index in [0.717, 1.165) is 19.3 Å². The summed E-state index contributed by atoms with van der Waals surface area (Å²) in [5.74, 6) is 0.797. The van der Waals surface area contributed by atoms with Crippen LogP contribution in [0.3, 0.4) is 0 Å². The molecule has 0 aromatic heterocycles. The third-order valence-corrected chi connectivity index (χ3v) is 4.59. The van der Waals surface area contributed by atoms with Crippen LogP contribution < -0.4 is 5.73 Å². The van der Waals surface area contributed by atoms with Crippen LogP contribution in [-0.4, -0.2) is 53.8 Å². The number of nitrogens with two attached hydrogens (primary N) is 1. The van der Waals surface area contributed by atoms with Gasteiger partial charge in [0, 0.05) is 44.6 Å². The highest BCUT2D eigenvalue weighted by Gasteiger charge is 2.30. The van der Waals surface area contributed by atoms with E-state index in [4.69, 9.17) is 5.73 Å². The average Bonchev–Trinajstić information content (AvgIpc) is 2.83. The maximum absolute atomic E-state index is 12.3. The van der Waals surface area contributed by atoms with E-state index >= 15 is 0 Å². The van der Waals surface area contributed by atoms with Gasteiger partial charge in [-0.2, -0.15) is 0 Å². The Labute approximate surface area is 121 Å². The zero-order valence-corrected chi connectivity index (χ0v) is 12.7. The molecule has 1 saturated heterocycles. The summed E-state index contributed by atoms with van der Waals surface area (Å²) in [4.78, 5) is 27.9. The van der Waals surface area contributed by atoms with Gasteiger partial charge in [-0.05, 0) is 18.8 Å². The van der Waals surface area contributed by atoms with Gasteiger partial charge in [-0.25, -0.2) is 0 Å². The van der Waals surface area contributed by atoms with E-state index < -0.39 is 0 Å². The first-order valence-corrected chi connectivity index (χ1v) is 7.81. The van der Waals surface area contributed by atoms with Gasteiger partial charge in [0.05, 0.1) is 0 Å². The largest absolute Gasteiger partial charge is 0.339 e. The topological polar surface area (TPSA) is 66.6 Å². The van der Waals surface area contributed by atoms with E-state index in [2.05, 4.69) is 0 Å². The molecule has 20 heavy (non-hydrogen) atoms. The van der Waals surface area contributed by atoms with Crippen molar-refractivity contribution in [1.29, 1.82) is 0 Å². The van der Waals surface area contributed by atoms with Crippen LogP contribution in [0, 0.1) is 11.8 Å². The Kier molecular flexibility index (Phi) is 5.02. The smallest absolute Gasteiger partial charge is 0.225 e. The number of piperazine rings is 1. The summed E-state index contributed by atoms with van der Waals surface area (Å²) in [5, 5.41) is 0. The summed E-state index contributed by atoms with van der Waals surface area (Å²) in [5.41, 5.74) is 6.03. The molecule has 0 radical (unpaired) electrons. The summed E-state index contributed by atoms with van der Waals surface area (Å²) < 4.78 is 0. The summed E-state index contributed by atoms with van der Waals surface area (Å²) in [6.45, 7) is 6.50. The summed E-state index contributed by atoms with van der Waals surface area (Å²) in [6.07, 6.45) is 3.86. The molecule has 0 unspecified atom stereocenters. The van der Waals surface area contributed by atoms with Crippen molar-refractivity contribution in [2.45, 2.75) is 45.6 Å². The molecule has 1 aliphatic heterocycles. The summed E-state index contributed by atoms with van der Waals surface area (Å²) in [6, 6.07) is 0.197. The van der Waals surface area contributed by atoms with Crippen molar-refractivity contribution in [2.75, 3.05) is 26.2 Å². The number of carbonyl (C=O) groups excluding carboxylic acids is 2. The number of rotatable bonds is 3. The standard InChI is InChI=1S/C15H27N3O2/c1-11(2)15(20)18-8-6-17(7-9-18)14(19)10-12-4-3-5-13(12)16/h11-13H,3-10,16H2,1-2H3/t12-,13+/m0/s1. The highest BCUT2D eigenvalue weighted by Crippen LogP contribution is 2.27. The predicted molar refractivity (Wildman–Crippen MR) is 77.9 cm³/mol. The van der Waals surface area contributed by atoms with Crippen LogP contribution in [0.5, 0.6) is 0 Å². The van der Waals surface area contributed by atoms with Crippen molar-refractivity contribution in [2.24, 2.45) is 17.6 Å². The molecule has 1 aliphatic carbocycles. The number of nitrogens with zero attached hydrogens (tertiary/aromatic N) is 2. The van der Waals surface area contributed by atoms with Gasteiger partial charge in [0.15, 0.2) is 0 Å². The lowest BCUT2D eigenvalue weighted by molar-refractivity contribution is -0.141. The van der Waals surface area contributed by atoms with E-state index in [-0.39, 0.29) is 23.8 Å². The van der Waals surface area contributed by atoms with Crippen molar-refractivity contribution < 1.29 is 9.59 Å². The zero-order chi connectivity index (χ0) is 14.7. The molecule has 0 spiro atoms. The van der Waals surface area contributed by atoms with Gasteiger partial charge in [0.2, 0.25) is 11.8 Å². The Morgan fingerprint density at radius 2 is 1.70 bits per heavy atom. The van der Waals surface area contributed by atoms with E-state index in [1.807, 2.05) is 23.6 Å². The fraction of sp³-hybridized carbons (Fsp3) is 0.867. The Morgan fingerprint density at radius 3 is 2.20 bits per heavy atom. The molecule has 114 valence electrons. The fourth-order valence-corrected chi connectivity index (χ4v) is 3.21. The number of amides is 2. The maximum atomic E-state index is 12.3. The van der Waals surface area contributed by atoms with Crippen LogP contribution in [0.1, 0.15) is 39.5 Å². The minimum absolute atomic E-state index is 0.0359. The lowest BCUT2D eigenvalue weighted by Crippen LogP contribution is -2.52. The lowest BCUT2D eigenvalue weighted by atomic mass is 9.99. The van der Waals surface area contributed by atoms with Crippen molar-refractivity contribution in [3.8, 4) is 0 Å². The lowest BCUT2D eigenvalue weighted by Gasteiger charge is -2.36. The van der Waals surface area contributed by atoms with Gasteiger partial charge in [-0.1, -0.05) is 20.3 Å². The Balaban J connectivity index is 1.78. The van der Waals surface area contributed by atoms with Gasteiger partial charge >= 0.3 is 0 Å². The molecule has 2 rings (SSSR count).